The van der Waals surface area contributed by atoms with Gasteiger partial charge in [-0.25, -0.2) is 9.78 Å². The summed E-state index contributed by atoms with van der Waals surface area (Å²) in [7, 11) is 1.73. The van der Waals surface area contributed by atoms with E-state index in [0.29, 0.717) is 13.1 Å². The number of aromatic nitrogens is 1. The van der Waals surface area contributed by atoms with E-state index in [1.54, 1.807) is 22.4 Å². The molecule has 1 aliphatic rings. The van der Waals surface area contributed by atoms with Gasteiger partial charge in [0, 0.05) is 25.0 Å². The Morgan fingerprint density at radius 1 is 1.55 bits per heavy atom. The topological polar surface area (TPSA) is 73.7 Å². The number of likely N-dealkylation sites (tertiary alicyclic amines) is 1. The quantitative estimate of drug-likeness (QED) is 0.922. The number of carboxylic acid groups (broad SMARTS) is 1. The Labute approximate surface area is 122 Å². The minimum Gasteiger partial charge on any atom is -0.481 e. The van der Waals surface area contributed by atoms with Gasteiger partial charge in [0.05, 0.1) is 24.2 Å². The second-order valence-corrected chi connectivity index (χ2v) is 5.78. The van der Waals surface area contributed by atoms with E-state index in [1.807, 2.05) is 5.38 Å². The average Bonchev–Trinajstić information content (AvgIpc) is 2.90. The van der Waals surface area contributed by atoms with Crippen molar-refractivity contribution in [2.45, 2.75) is 38.3 Å². The van der Waals surface area contributed by atoms with Crippen molar-refractivity contribution in [1.29, 1.82) is 0 Å². The van der Waals surface area contributed by atoms with Crippen LogP contribution < -0.4 is 0 Å². The predicted molar refractivity (Wildman–Crippen MR) is 75.6 cm³/mol. The lowest BCUT2D eigenvalue weighted by Gasteiger charge is -2.37. The second-order valence-electron chi connectivity index (χ2n) is 5.06. The summed E-state index contributed by atoms with van der Waals surface area (Å²) in [5.74, 6) is -0.850. The van der Waals surface area contributed by atoms with E-state index in [0.717, 1.165) is 25.0 Å². The van der Waals surface area contributed by atoms with Gasteiger partial charge >= 0.3 is 12.0 Å². The van der Waals surface area contributed by atoms with Crippen molar-refractivity contribution in [2.75, 3.05) is 13.6 Å². The van der Waals surface area contributed by atoms with Gasteiger partial charge in [0.2, 0.25) is 0 Å². The lowest BCUT2D eigenvalue weighted by molar-refractivity contribution is -0.138. The lowest BCUT2D eigenvalue weighted by Crippen LogP contribution is -2.49. The number of nitrogens with zero attached hydrogens (tertiary/aromatic N) is 3. The number of rotatable bonds is 4. The molecule has 0 saturated carbocycles. The van der Waals surface area contributed by atoms with Gasteiger partial charge in [-0.15, -0.1) is 11.3 Å². The van der Waals surface area contributed by atoms with Gasteiger partial charge in [-0.1, -0.05) is 0 Å². The maximum atomic E-state index is 12.5. The SMILES string of the molecule is CN(Cc1cscn1)C(=O)N1CCCCC1CC(=O)O. The number of aliphatic carboxylic acids is 1. The van der Waals surface area contributed by atoms with Crippen LogP contribution in [0.15, 0.2) is 10.9 Å². The summed E-state index contributed by atoms with van der Waals surface area (Å²) < 4.78 is 0. The maximum absolute atomic E-state index is 12.5. The maximum Gasteiger partial charge on any atom is 0.320 e. The molecule has 20 heavy (non-hydrogen) atoms. The van der Waals surface area contributed by atoms with Crippen molar-refractivity contribution < 1.29 is 14.7 Å². The van der Waals surface area contributed by atoms with E-state index >= 15 is 0 Å². The van der Waals surface area contributed by atoms with E-state index in [4.69, 9.17) is 5.11 Å². The van der Waals surface area contributed by atoms with Crippen LogP contribution in [0.25, 0.3) is 0 Å². The molecule has 2 rings (SSSR count). The fraction of sp³-hybridized carbons (Fsp3) is 0.615. The van der Waals surface area contributed by atoms with Crippen LogP contribution in [0.3, 0.4) is 0 Å². The highest BCUT2D eigenvalue weighted by Crippen LogP contribution is 2.21. The minimum absolute atomic E-state index is 0.0241. The molecule has 0 aliphatic carbocycles. The number of carbonyl (C=O) groups is 2. The first kappa shape index (κ1) is 14.8. The normalized spacial score (nSPS) is 18.9. The summed E-state index contributed by atoms with van der Waals surface area (Å²) in [6, 6.07) is -0.296. The zero-order valence-corrected chi connectivity index (χ0v) is 12.3. The van der Waals surface area contributed by atoms with Crippen LogP contribution in [0.4, 0.5) is 4.79 Å². The first-order valence-corrected chi connectivity index (χ1v) is 7.63. The number of amides is 2. The van der Waals surface area contributed by atoms with Crippen LogP contribution in [0, 0.1) is 0 Å². The molecule has 6 nitrogen and oxygen atoms in total. The van der Waals surface area contributed by atoms with Gasteiger partial charge < -0.3 is 14.9 Å². The Kier molecular flexibility index (Phi) is 4.94. The van der Waals surface area contributed by atoms with Gasteiger partial charge in [0.1, 0.15) is 0 Å². The number of hydrogen-bond donors (Lipinski definition) is 1. The Morgan fingerprint density at radius 2 is 2.35 bits per heavy atom. The monoisotopic (exact) mass is 297 g/mol. The number of thiazole rings is 1. The molecule has 7 heteroatoms. The number of urea groups is 1. The van der Waals surface area contributed by atoms with Gasteiger partial charge in [0.25, 0.3) is 0 Å². The summed E-state index contributed by atoms with van der Waals surface area (Å²) in [6.07, 6.45) is 2.71. The van der Waals surface area contributed by atoms with Gasteiger partial charge in [-0.2, -0.15) is 0 Å². The number of carboxylic acids is 1. The summed E-state index contributed by atoms with van der Waals surface area (Å²) in [6.45, 7) is 1.09. The van der Waals surface area contributed by atoms with E-state index in [-0.39, 0.29) is 18.5 Å². The van der Waals surface area contributed by atoms with Crippen LogP contribution >= 0.6 is 11.3 Å². The summed E-state index contributed by atoms with van der Waals surface area (Å²) >= 11 is 1.50. The zero-order valence-electron chi connectivity index (χ0n) is 11.5. The Balaban J connectivity index is 1.99. The fourth-order valence-electron chi connectivity index (χ4n) is 2.51. The van der Waals surface area contributed by atoms with E-state index in [9.17, 15) is 9.59 Å². The van der Waals surface area contributed by atoms with Crippen molar-refractivity contribution in [1.82, 2.24) is 14.8 Å². The molecule has 1 unspecified atom stereocenters. The third-order valence-electron chi connectivity index (χ3n) is 3.49. The molecule has 0 spiro atoms. The standard InChI is InChI=1S/C13H19N3O3S/c1-15(7-10-8-20-9-14-10)13(19)16-5-3-2-4-11(16)6-12(17)18/h8-9,11H,2-7H2,1H3,(H,17,18). The third kappa shape index (κ3) is 3.69. The van der Waals surface area contributed by atoms with Crippen molar-refractivity contribution in [3.63, 3.8) is 0 Å². The highest BCUT2D eigenvalue weighted by molar-refractivity contribution is 7.07. The largest absolute Gasteiger partial charge is 0.481 e. The highest BCUT2D eigenvalue weighted by Gasteiger charge is 2.30. The van der Waals surface area contributed by atoms with Crippen LogP contribution in [-0.2, 0) is 11.3 Å². The van der Waals surface area contributed by atoms with Crippen molar-refractivity contribution in [3.05, 3.63) is 16.6 Å². The summed E-state index contributed by atoms with van der Waals surface area (Å²) in [5.41, 5.74) is 2.60. The lowest BCUT2D eigenvalue weighted by atomic mass is 10.00. The molecule has 1 saturated heterocycles. The number of carbonyl (C=O) groups excluding carboxylic acids is 1. The molecular weight excluding hydrogens is 278 g/mol. The Morgan fingerprint density at radius 3 is 3.00 bits per heavy atom. The first-order chi connectivity index (χ1) is 9.58. The molecular formula is C13H19N3O3S. The molecule has 0 bridgehead atoms. The Bertz CT molecular complexity index is 463. The fourth-order valence-corrected chi connectivity index (χ4v) is 3.06. The molecule has 110 valence electrons. The number of piperidine rings is 1. The number of hydrogen-bond acceptors (Lipinski definition) is 4. The minimum atomic E-state index is -0.850. The van der Waals surface area contributed by atoms with Crippen LogP contribution in [0.5, 0.6) is 0 Å². The molecule has 1 atom stereocenters. The molecule has 1 aromatic heterocycles. The molecule has 0 radical (unpaired) electrons. The molecule has 0 aromatic carbocycles. The Hall–Kier alpha value is -1.63. The smallest absolute Gasteiger partial charge is 0.320 e. The third-order valence-corrected chi connectivity index (χ3v) is 4.13. The van der Waals surface area contributed by atoms with Crippen LogP contribution in [0.1, 0.15) is 31.4 Å². The van der Waals surface area contributed by atoms with Gasteiger partial charge in [-0.3, -0.25) is 4.79 Å². The zero-order chi connectivity index (χ0) is 14.5. The molecule has 1 aromatic rings. The van der Waals surface area contributed by atoms with Gasteiger partial charge in [0.15, 0.2) is 0 Å². The summed E-state index contributed by atoms with van der Waals surface area (Å²) in [5, 5.41) is 10.9. The van der Waals surface area contributed by atoms with Gasteiger partial charge in [-0.05, 0) is 19.3 Å². The first-order valence-electron chi connectivity index (χ1n) is 6.68. The highest BCUT2D eigenvalue weighted by atomic mass is 32.1. The van der Waals surface area contributed by atoms with Crippen LogP contribution in [-0.4, -0.2) is 51.5 Å². The van der Waals surface area contributed by atoms with E-state index < -0.39 is 5.97 Å². The average molecular weight is 297 g/mol. The molecule has 1 aliphatic heterocycles. The molecule has 1 N–H and O–H groups in total. The van der Waals surface area contributed by atoms with Crippen molar-refractivity contribution in [3.8, 4) is 0 Å². The molecule has 1 fully saturated rings. The summed E-state index contributed by atoms with van der Waals surface area (Å²) in [4.78, 5) is 30.8. The molecule has 2 heterocycles. The van der Waals surface area contributed by atoms with E-state index in [1.165, 1.54) is 11.3 Å². The van der Waals surface area contributed by atoms with Crippen molar-refractivity contribution >= 4 is 23.3 Å². The predicted octanol–water partition coefficient (Wildman–Crippen LogP) is 2.02. The van der Waals surface area contributed by atoms with E-state index in [2.05, 4.69) is 4.98 Å². The second kappa shape index (κ2) is 6.69. The van der Waals surface area contributed by atoms with Crippen molar-refractivity contribution in [2.24, 2.45) is 0 Å². The molecule has 2 amide bonds. The van der Waals surface area contributed by atoms with Crippen LogP contribution in [0.2, 0.25) is 0 Å².